The van der Waals surface area contributed by atoms with E-state index in [4.69, 9.17) is 4.52 Å². The second kappa shape index (κ2) is 4.58. The lowest BCUT2D eigenvalue weighted by Gasteiger charge is -2.38. The molecular weight excluding hydrogens is 200 g/mol. The molecule has 1 N–H and O–H groups in total. The maximum absolute atomic E-state index is 5.15. The maximum atomic E-state index is 5.15. The number of hydrogen-bond acceptors (Lipinski definition) is 3. The van der Waals surface area contributed by atoms with Gasteiger partial charge in [-0.1, -0.05) is 19.0 Å². The fourth-order valence-corrected chi connectivity index (χ4v) is 2.37. The van der Waals surface area contributed by atoms with Crippen molar-refractivity contribution in [2.24, 2.45) is 11.8 Å². The molecule has 1 aliphatic carbocycles. The number of aromatic nitrogens is 1. The second-order valence-corrected chi connectivity index (χ2v) is 5.36. The molecule has 0 spiro atoms. The first-order chi connectivity index (χ1) is 7.58. The third-order valence-electron chi connectivity index (χ3n) is 3.87. The molecule has 16 heavy (non-hydrogen) atoms. The van der Waals surface area contributed by atoms with Crippen LogP contribution in [0.3, 0.4) is 0 Å². The molecule has 3 nitrogen and oxygen atoms in total. The summed E-state index contributed by atoms with van der Waals surface area (Å²) in [5.74, 6) is 2.70. The molecule has 0 amide bonds. The molecule has 0 radical (unpaired) electrons. The van der Waals surface area contributed by atoms with Crippen molar-refractivity contribution in [3.63, 3.8) is 0 Å². The predicted molar refractivity (Wildman–Crippen MR) is 64.2 cm³/mol. The van der Waals surface area contributed by atoms with Crippen molar-refractivity contribution >= 4 is 0 Å². The van der Waals surface area contributed by atoms with Crippen LogP contribution in [-0.2, 0) is 6.54 Å². The summed E-state index contributed by atoms with van der Waals surface area (Å²) in [6, 6.07) is 0.695. The Labute approximate surface area is 97.6 Å². The number of nitrogens with one attached hydrogen (secondary N) is 1. The molecule has 2 rings (SSSR count). The predicted octanol–water partition coefficient (Wildman–Crippen LogP) is 2.82. The third-order valence-corrected chi connectivity index (χ3v) is 3.87. The minimum absolute atomic E-state index is 0.695. The third kappa shape index (κ3) is 2.29. The molecule has 0 unspecified atom stereocenters. The molecule has 1 aliphatic rings. The lowest BCUT2D eigenvalue weighted by Crippen LogP contribution is -2.42. The minimum atomic E-state index is 0.695. The summed E-state index contributed by atoms with van der Waals surface area (Å²) < 4.78 is 5.15. The van der Waals surface area contributed by atoms with Crippen molar-refractivity contribution in [3.05, 3.63) is 17.0 Å². The van der Waals surface area contributed by atoms with E-state index in [-0.39, 0.29) is 0 Å². The molecule has 1 aromatic rings. The molecule has 0 bridgehead atoms. The maximum Gasteiger partial charge on any atom is 0.138 e. The van der Waals surface area contributed by atoms with Crippen LogP contribution in [0, 0.1) is 25.7 Å². The van der Waals surface area contributed by atoms with Crippen LogP contribution in [0.25, 0.3) is 0 Å². The first-order valence-corrected chi connectivity index (χ1v) is 6.23. The summed E-state index contributed by atoms with van der Waals surface area (Å²) in [6.45, 7) is 9.51. The standard InChI is InChI=1S/C13H22N2O/c1-8(2)11-5-12(6-11)14-7-13-9(3)15-16-10(13)4/h8,11-12,14H,5-7H2,1-4H3. The lowest BCUT2D eigenvalue weighted by molar-refractivity contribution is 0.167. The molecule has 0 atom stereocenters. The van der Waals surface area contributed by atoms with Crippen molar-refractivity contribution in [2.45, 2.75) is 53.1 Å². The van der Waals surface area contributed by atoms with Crippen molar-refractivity contribution in [1.82, 2.24) is 10.5 Å². The molecule has 0 aliphatic heterocycles. The largest absolute Gasteiger partial charge is 0.361 e. The lowest BCUT2D eigenvalue weighted by atomic mass is 9.73. The van der Waals surface area contributed by atoms with Gasteiger partial charge in [0.05, 0.1) is 5.69 Å². The van der Waals surface area contributed by atoms with Crippen LogP contribution in [0.2, 0.25) is 0 Å². The van der Waals surface area contributed by atoms with E-state index in [1.54, 1.807) is 0 Å². The molecule has 3 heteroatoms. The van der Waals surface area contributed by atoms with Crippen molar-refractivity contribution in [3.8, 4) is 0 Å². The fraction of sp³-hybridized carbons (Fsp3) is 0.769. The van der Waals surface area contributed by atoms with Crippen LogP contribution >= 0.6 is 0 Å². The molecular formula is C13H22N2O. The van der Waals surface area contributed by atoms with Gasteiger partial charge in [-0.15, -0.1) is 0 Å². The van der Waals surface area contributed by atoms with E-state index in [1.165, 1.54) is 18.4 Å². The average Bonchev–Trinajstić information content (AvgIpc) is 2.45. The van der Waals surface area contributed by atoms with Crippen LogP contribution in [0.5, 0.6) is 0 Å². The van der Waals surface area contributed by atoms with Gasteiger partial charge in [0.1, 0.15) is 5.76 Å². The van der Waals surface area contributed by atoms with Gasteiger partial charge in [-0.05, 0) is 38.5 Å². The van der Waals surface area contributed by atoms with E-state index in [0.29, 0.717) is 6.04 Å². The summed E-state index contributed by atoms with van der Waals surface area (Å²) in [7, 11) is 0. The van der Waals surface area contributed by atoms with Crippen LogP contribution < -0.4 is 5.32 Å². The van der Waals surface area contributed by atoms with Crippen molar-refractivity contribution in [2.75, 3.05) is 0 Å². The number of aryl methyl sites for hydroxylation is 2. The first-order valence-electron chi connectivity index (χ1n) is 6.23. The van der Waals surface area contributed by atoms with Gasteiger partial charge in [0.15, 0.2) is 0 Å². The van der Waals surface area contributed by atoms with Gasteiger partial charge in [0.2, 0.25) is 0 Å². The van der Waals surface area contributed by atoms with Gasteiger partial charge in [0.25, 0.3) is 0 Å². The number of nitrogens with zero attached hydrogens (tertiary/aromatic N) is 1. The van der Waals surface area contributed by atoms with Gasteiger partial charge in [-0.25, -0.2) is 0 Å². The minimum Gasteiger partial charge on any atom is -0.361 e. The van der Waals surface area contributed by atoms with Crippen molar-refractivity contribution in [1.29, 1.82) is 0 Å². The highest BCUT2D eigenvalue weighted by Gasteiger charge is 2.30. The van der Waals surface area contributed by atoms with E-state index in [2.05, 4.69) is 24.3 Å². The SMILES string of the molecule is Cc1noc(C)c1CNC1CC(C(C)C)C1. The Morgan fingerprint density at radius 1 is 1.38 bits per heavy atom. The second-order valence-electron chi connectivity index (χ2n) is 5.36. The quantitative estimate of drug-likeness (QED) is 0.851. The number of rotatable bonds is 4. The molecule has 1 fully saturated rings. The van der Waals surface area contributed by atoms with Gasteiger partial charge in [0, 0.05) is 18.2 Å². The Hall–Kier alpha value is -0.830. The van der Waals surface area contributed by atoms with Crippen molar-refractivity contribution < 1.29 is 4.52 Å². The van der Waals surface area contributed by atoms with Crippen LogP contribution in [-0.4, -0.2) is 11.2 Å². The van der Waals surface area contributed by atoms with Gasteiger partial charge >= 0.3 is 0 Å². The molecule has 0 aromatic carbocycles. The first kappa shape index (κ1) is 11.6. The van der Waals surface area contributed by atoms with Gasteiger partial charge in [-0.3, -0.25) is 0 Å². The van der Waals surface area contributed by atoms with Crippen LogP contribution in [0.1, 0.15) is 43.7 Å². The molecule has 1 aromatic heterocycles. The zero-order valence-electron chi connectivity index (χ0n) is 10.7. The molecule has 90 valence electrons. The highest BCUT2D eigenvalue weighted by atomic mass is 16.5. The van der Waals surface area contributed by atoms with E-state index >= 15 is 0 Å². The highest BCUT2D eigenvalue weighted by molar-refractivity contribution is 5.20. The Kier molecular flexibility index (Phi) is 3.33. The van der Waals surface area contributed by atoms with E-state index < -0.39 is 0 Å². The summed E-state index contributed by atoms with van der Waals surface area (Å²) in [5.41, 5.74) is 2.25. The average molecular weight is 222 g/mol. The Bertz CT molecular complexity index is 331. The summed E-state index contributed by atoms with van der Waals surface area (Å²) >= 11 is 0. The molecule has 1 saturated carbocycles. The van der Waals surface area contributed by atoms with Gasteiger partial charge in [-0.2, -0.15) is 0 Å². The monoisotopic (exact) mass is 222 g/mol. The normalized spacial score (nSPS) is 24.8. The van der Waals surface area contributed by atoms with E-state index in [1.807, 2.05) is 13.8 Å². The van der Waals surface area contributed by atoms with Crippen LogP contribution in [0.4, 0.5) is 0 Å². The van der Waals surface area contributed by atoms with Crippen LogP contribution in [0.15, 0.2) is 4.52 Å². The Balaban J connectivity index is 1.78. The fourth-order valence-electron chi connectivity index (χ4n) is 2.37. The zero-order valence-corrected chi connectivity index (χ0v) is 10.7. The zero-order chi connectivity index (χ0) is 11.7. The highest BCUT2D eigenvalue weighted by Crippen LogP contribution is 2.33. The van der Waals surface area contributed by atoms with E-state index in [0.717, 1.165) is 29.8 Å². The smallest absolute Gasteiger partial charge is 0.138 e. The van der Waals surface area contributed by atoms with Gasteiger partial charge < -0.3 is 9.84 Å². The summed E-state index contributed by atoms with van der Waals surface area (Å²) in [4.78, 5) is 0. The topological polar surface area (TPSA) is 38.1 Å². The Morgan fingerprint density at radius 2 is 2.06 bits per heavy atom. The summed E-state index contributed by atoms with van der Waals surface area (Å²) in [6.07, 6.45) is 2.64. The number of hydrogen-bond donors (Lipinski definition) is 1. The van der Waals surface area contributed by atoms with E-state index in [9.17, 15) is 0 Å². The summed E-state index contributed by atoms with van der Waals surface area (Å²) in [5, 5.41) is 7.55. The Morgan fingerprint density at radius 3 is 2.56 bits per heavy atom. The molecule has 1 heterocycles. The molecule has 0 saturated heterocycles.